The normalized spacial score (nSPS) is 17.7. The molecule has 0 aliphatic carbocycles. The zero-order chi connectivity index (χ0) is 12.5. The van der Waals surface area contributed by atoms with Gasteiger partial charge in [-0.2, -0.15) is 0 Å². The average Bonchev–Trinajstić information content (AvgIpc) is 3.21. The Labute approximate surface area is 113 Å². The van der Waals surface area contributed by atoms with Crippen LogP contribution in [0.15, 0.2) is 40.9 Å². The van der Waals surface area contributed by atoms with E-state index in [0.29, 0.717) is 18.8 Å². The minimum atomic E-state index is -0.317. The van der Waals surface area contributed by atoms with Gasteiger partial charge in [-0.3, -0.25) is 0 Å². The van der Waals surface area contributed by atoms with E-state index in [2.05, 4.69) is 15.9 Å². The Hall–Kier alpha value is -1.39. The Kier molecular flexibility index (Phi) is 3.06. The number of epoxide rings is 1. The lowest BCUT2D eigenvalue weighted by Gasteiger charge is -2.07. The lowest BCUT2D eigenvalue weighted by Crippen LogP contribution is -2.10. The van der Waals surface area contributed by atoms with Crippen molar-refractivity contribution in [3.05, 3.63) is 46.4 Å². The van der Waals surface area contributed by atoms with Crippen LogP contribution in [0.1, 0.15) is 10.4 Å². The largest absolute Gasteiger partial charge is 0.459 e. The Morgan fingerprint density at radius 2 is 2.11 bits per heavy atom. The van der Waals surface area contributed by atoms with Crippen LogP contribution in [0.5, 0.6) is 0 Å². The van der Waals surface area contributed by atoms with Crippen molar-refractivity contribution >= 4 is 32.7 Å². The molecule has 92 valence electrons. The number of hydrogen-bond donors (Lipinski definition) is 0. The van der Waals surface area contributed by atoms with Crippen molar-refractivity contribution < 1.29 is 14.3 Å². The second-order valence-electron chi connectivity index (χ2n) is 4.20. The second kappa shape index (κ2) is 4.71. The summed E-state index contributed by atoms with van der Waals surface area (Å²) < 4.78 is 11.0. The van der Waals surface area contributed by atoms with Gasteiger partial charge in [0.15, 0.2) is 0 Å². The molecule has 2 aromatic rings. The van der Waals surface area contributed by atoms with Crippen molar-refractivity contribution in [3.63, 3.8) is 0 Å². The molecule has 3 rings (SSSR count). The topological polar surface area (TPSA) is 38.8 Å². The van der Waals surface area contributed by atoms with E-state index >= 15 is 0 Å². The van der Waals surface area contributed by atoms with E-state index in [4.69, 9.17) is 9.47 Å². The van der Waals surface area contributed by atoms with Crippen LogP contribution in [0.4, 0.5) is 0 Å². The molecule has 2 aromatic carbocycles. The van der Waals surface area contributed by atoms with Gasteiger partial charge in [-0.15, -0.1) is 0 Å². The molecule has 1 aliphatic rings. The number of hydrogen-bond acceptors (Lipinski definition) is 3. The molecule has 0 radical (unpaired) electrons. The predicted molar refractivity (Wildman–Crippen MR) is 71.7 cm³/mol. The summed E-state index contributed by atoms with van der Waals surface area (Å²) >= 11 is 3.47. The summed E-state index contributed by atoms with van der Waals surface area (Å²) in [5.74, 6) is -0.317. The van der Waals surface area contributed by atoms with Crippen molar-refractivity contribution in [3.8, 4) is 0 Å². The molecule has 18 heavy (non-hydrogen) atoms. The summed E-state index contributed by atoms with van der Waals surface area (Å²) in [6, 6.07) is 11.6. The maximum absolute atomic E-state index is 11.9. The van der Waals surface area contributed by atoms with E-state index in [1.807, 2.05) is 30.3 Å². The number of ether oxygens (including phenoxy) is 2. The fraction of sp³-hybridized carbons (Fsp3) is 0.214. The number of halogens is 1. The third-order valence-corrected chi connectivity index (χ3v) is 3.74. The van der Waals surface area contributed by atoms with Crippen molar-refractivity contribution in [2.75, 3.05) is 13.2 Å². The van der Waals surface area contributed by atoms with Crippen LogP contribution in [0.25, 0.3) is 10.8 Å². The second-order valence-corrected chi connectivity index (χ2v) is 5.00. The quantitative estimate of drug-likeness (QED) is 0.646. The maximum atomic E-state index is 11.9. The lowest BCUT2D eigenvalue weighted by molar-refractivity contribution is 0.0476. The number of rotatable bonds is 3. The molecule has 0 spiro atoms. The fourth-order valence-electron chi connectivity index (χ4n) is 1.80. The smallest absolute Gasteiger partial charge is 0.339 e. The molecular weight excluding hydrogens is 296 g/mol. The maximum Gasteiger partial charge on any atom is 0.339 e. The highest BCUT2D eigenvalue weighted by molar-refractivity contribution is 9.10. The molecule has 1 heterocycles. The van der Waals surface area contributed by atoms with Gasteiger partial charge in [0.25, 0.3) is 0 Å². The molecule has 0 aromatic heterocycles. The molecule has 0 bridgehead atoms. The van der Waals surface area contributed by atoms with Gasteiger partial charge in [0.1, 0.15) is 12.7 Å². The Morgan fingerprint density at radius 3 is 2.89 bits per heavy atom. The first-order valence-electron chi connectivity index (χ1n) is 5.71. The number of benzene rings is 2. The Balaban J connectivity index is 1.90. The van der Waals surface area contributed by atoms with Gasteiger partial charge >= 0.3 is 5.97 Å². The highest BCUT2D eigenvalue weighted by Gasteiger charge is 2.25. The Morgan fingerprint density at radius 1 is 1.33 bits per heavy atom. The third-order valence-electron chi connectivity index (χ3n) is 2.89. The fourth-order valence-corrected chi connectivity index (χ4v) is 2.46. The summed E-state index contributed by atoms with van der Waals surface area (Å²) in [6.07, 6.45) is 0.0909. The SMILES string of the molecule is O=C(OCC1CO1)c1ccc2ccccc2c1Br. The lowest BCUT2D eigenvalue weighted by atomic mass is 10.1. The van der Waals surface area contributed by atoms with Crippen LogP contribution < -0.4 is 0 Å². The zero-order valence-corrected chi connectivity index (χ0v) is 11.1. The predicted octanol–water partition coefficient (Wildman–Crippen LogP) is 3.16. The van der Waals surface area contributed by atoms with E-state index in [-0.39, 0.29) is 12.1 Å². The van der Waals surface area contributed by atoms with E-state index < -0.39 is 0 Å². The van der Waals surface area contributed by atoms with Gasteiger partial charge in [-0.05, 0) is 32.8 Å². The molecule has 3 nitrogen and oxygen atoms in total. The van der Waals surface area contributed by atoms with Gasteiger partial charge in [-0.25, -0.2) is 4.79 Å². The summed E-state index contributed by atoms with van der Waals surface area (Å²) in [5, 5.41) is 2.10. The zero-order valence-electron chi connectivity index (χ0n) is 9.56. The van der Waals surface area contributed by atoms with E-state index in [1.54, 1.807) is 6.07 Å². The van der Waals surface area contributed by atoms with Crippen LogP contribution in [-0.4, -0.2) is 25.3 Å². The first-order valence-corrected chi connectivity index (χ1v) is 6.51. The number of fused-ring (bicyclic) bond motifs is 1. The number of carbonyl (C=O) groups excluding carboxylic acids is 1. The summed E-state index contributed by atoms with van der Waals surface area (Å²) in [5.41, 5.74) is 0.550. The van der Waals surface area contributed by atoms with E-state index in [0.717, 1.165) is 15.2 Å². The van der Waals surface area contributed by atoms with Crippen LogP contribution in [-0.2, 0) is 9.47 Å². The molecule has 0 saturated carbocycles. The molecule has 1 aliphatic heterocycles. The van der Waals surface area contributed by atoms with Crippen molar-refractivity contribution in [1.29, 1.82) is 0 Å². The highest BCUT2D eigenvalue weighted by Crippen LogP contribution is 2.28. The van der Waals surface area contributed by atoms with Crippen LogP contribution in [0.3, 0.4) is 0 Å². The number of carbonyl (C=O) groups is 1. The minimum absolute atomic E-state index is 0.0909. The highest BCUT2D eigenvalue weighted by atomic mass is 79.9. The number of esters is 1. The van der Waals surface area contributed by atoms with Crippen molar-refractivity contribution in [2.24, 2.45) is 0 Å². The minimum Gasteiger partial charge on any atom is -0.459 e. The standard InChI is InChI=1S/C14H11BrO3/c15-13-11-4-2-1-3-9(11)5-6-12(13)14(16)18-8-10-7-17-10/h1-6,10H,7-8H2. The first-order chi connectivity index (χ1) is 8.75. The van der Waals surface area contributed by atoms with Crippen molar-refractivity contribution in [2.45, 2.75) is 6.10 Å². The third kappa shape index (κ3) is 2.26. The molecule has 0 amide bonds. The van der Waals surface area contributed by atoms with E-state index in [9.17, 15) is 4.79 Å². The van der Waals surface area contributed by atoms with Crippen LogP contribution >= 0.6 is 15.9 Å². The van der Waals surface area contributed by atoms with Gasteiger partial charge in [0, 0.05) is 4.47 Å². The summed E-state index contributed by atoms with van der Waals surface area (Å²) in [4.78, 5) is 11.9. The summed E-state index contributed by atoms with van der Waals surface area (Å²) in [6.45, 7) is 1.02. The molecular formula is C14H11BrO3. The van der Waals surface area contributed by atoms with Gasteiger partial charge in [-0.1, -0.05) is 30.3 Å². The van der Waals surface area contributed by atoms with E-state index in [1.165, 1.54) is 0 Å². The van der Waals surface area contributed by atoms with Crippen LogP contribution in [0.2, 0.25) is 0 Å². The van der Waals surface area contributed by atoms with Gasteiger partial charge < -0.3 is 9.47 Å². The summed E-state index contributed by atoms with van der Waals surface area (Å²) in [7, 11) is 0. The first kappa shape index (κ1) is 11.7. The molecule has 1 fully saturated rings. The Bertz CT molecular complexity index is 605. The average molecular weight is 307 g/mol. The molecule has 0 N–H and O–H groups in total. The monoisotopic (exact) mass is 306 g/mol. The molecule has 1 unspecified atom stereocenters. The molecule has 4 heteroatoms. The van der Waals surface area contributed by atoms with Crippen LogP contribution in [0, 0.1) is 0 Å². The van der Waals surface area contributed by atoms with Crippen molar-refractivity contribution in [1.82, 2.24) is 0 Å². The molecule has 1 saturated heterocycles. The molecule has 1 atom stereocenters. The van der Waals surface area contributed by atoms with Gasteiger partial charge in [0.05, 0.1) is 12.2 Å². The van der Waals surface area contributed by atoms with Gasteiger partial charge in [0.2, 0.25) is 0 Å².